The average molecular weight is 288 g/mol. The maximum atomic E-state index is 10.6. The van der Waals surface area contributed by atoms with Crippen molar-refractivity contribution in [2.45, 2.75) is 23.3 Å². The standard InChI is InChI=1S/C15H16N2O2S/c1-2-16-11-12-3-7-14(8-4-12)20-15-9-5-13(6-10-15)17(18)19/h3-10,16H,2,11H2,1H3. The highest BCUT2D eigenvalue weighted by molar-refractivity contribution is 7.99. The molecular weight excluding hydrogens is 272 g/mol. The summed E-state index contributed by atoms with van der Waals surface area (Å²) in [5.41, 5.74) is 1.37. The van der Waals surface area contributed by atoms with Crippen molar-refractivity contribution in [3.8, 4) is 0 Å². The van der Waals surface area contributed by atoms with E-state index in [-0.39, 0.29) is 10.6 Å². The fraction of sp³-hybridized carbons (Fsp3) is 0.200. The molecule has 2 aromatic carbocycles. The first-order valence-corrected chi connectivity index (χ1v) is 7.22. The van der Waals surface area contributed by atoms with Gasteiger partial charge in [0.05, 0.1) is 4.92 Å². The quantitative estimate of drug-likeness (QED) is 0.648. The van der Waals surface area contributed by atoms with Gasteiger partial charge < -0.3 is 5.32 Å². The van der Waals surface area contributed by atoms with Gasteiger partial charge in [-0.3, -0.25) is 10.1 Å². The van der Waals surface area contributed by atoms with E-state index in [1.807, 2.05) is 0 Å². The van der Waals surface area contributed by atoms with Crippen molar-refractivity contribution in [2.75, 3.05) is 6.54 Å². The maximum absolute atomic E-state index is 10.6. The molecule has 0 aliphatic carbocycles. The molecule has 2 aromatic rings. The van der Waals surface area contributed by atoms with Crippen LogP contribution in [0.1, 0.15) is 12.5 Å². The van der Waals surface area contributed by atoms with Crippen LogP contribution in [0.4, 0.5) is 5.69 Å². The summed E-state index contributed by atoms with van der Waals surface area (Å²) < 4.78 is 0. The Balaban J connectivity index is 2.00. The van der Waals surface area contributed by atoms with Crippen molar-refractivity contribution in [1.29, 1.82) is 0 Å². The number of nitrogens with one attached hydrogen (secondary N) is 1. The van der Waals surface area contributed by atoms with Crippen LogP contribution in [0.2, 0.25) is 0 Å². The van der Waals surface area contributed by atoms with Crippen LogP contribution in [-0.2, 0) is 6.54 Å². The first-order chi connectivity index (χ1) is 9.69. The Bertz CT molecular complexity index is 567. The molecule has 0 bridgehead atoms. The lowest BCUT2D eigenvalue weighted by Crippen LogP contribution is -2.11. The molecule has 0 unspecified atom stereocenters. The summed E-state index contributed by atoms with van der Waals surface area (Å²) in [6, 6.07) is 14.9. The van der Waals surface area contributed by atoms with Gasteiger partial charge in [0.2, 0.25) is 0 Å². The molecule has 1 N–H and O–H groups in total. The van der Waals surface area contributed by atoms with Gasteiger partial charge in [0, 0.05) is 28.5 Å². The number of benzene rings is 2. The van der Waals surface area contributed by atoms with Crippen LogP contribution in [0.5, 0.6) is 0 Å². The normalized spacial score (nSPS) is 10.4. The van der Waals surface area contributed by atoms with Crippen LogP contribution in [0.25, 0.3) is 0 Å². The molecule has 0 atom stereocenters. The van der Waals surface area contributed by atoms with Gasteiger partial charge in [-0.15, -0.1) is 0 Å². The van der Waals surface area contributed by atoms with Crippen molar-refractivity contribution in [2.24, 2.45) is 0 Å². The second-order valence-electron chi connectivity index (χ2n) is 4.28. The fourth-order valence-electron chi connectivity index (χ4n) is 1.72. The van der Waals surface area contributed by atoms with Crippen molar-refractivity contribution >= 4 is 17.4 Å². The molecule has 0 fully saturated rings. The zero-order chi connectivity index (χ0) is 14.4. The van der Waals surface area contributed by atoms with E-state index in [0.29, 0.717) is 0 Å². The summed E-state index contributed by atoms with van der Waals surface area (Å²) in [6.45, 7) is 3.91. The van der Waals surface area contributed by atoms with E-state index in [4.69, 9.17) is 0 Å². The molecule has 5 heteroatoms. The molecule has 4 nitrogen and oxygen atoms in total. The van der Waals surface area contributed by atoms with Gasteiger partial charge in [-0.25, -0.2) is 0 Å². The van der Waals surface area contributed by atoms with Gasteiger partial charge in [0.25, 0.3) is 5.69 Å². The number of rotatable bonds is 6. The Morgan fingerprint density at radius 2 is 1.60 bits per heavy atom. The highest BCUT2D eigenvalue weighted by atomic mass is 32.2. The van der Waals surface area contributed by atoms with Gasteiger partial charge >= 0.3 is 0 Å². The van der Waals surface area contributed by atoms with Gasteiger partial charge in [-0.1, -0.05) is 30.8 Å². The largest absolute Gasteiger partial charge is 0.313 e. The molecule has 0 aliphatic heterocycles. The SMILES string of the molecule is CCNCc1ccc(Sc2ccc([N+](=O)[O-])cc2)cc1. The van der Waals surface area contributed by atoms with Crippen LogP contribution in [0, 0.1) is 10.1 Å². The topological polar surface area (TPSA) is 55.2 Å². The van der Waals surface area contributed by atoms with Crippen LogP contribution in [0.15, 0.2) is 58.3 Å². The second kappa shape index (κ2) is 7.07. The minimum absolute atomic E-state index is 0.121. The van der Waals surface area contributed by atoms with Crippen LogP contribution >= 0.6 is 11.8 Å². The molecule has 104 valence electrons. The lowest BCUT2D eigenvalue weighted by molar-refractivity contribution is -0.384. The van der Waals surface area contributed by atoms with Crippen LogP contribution in [0.3, 0.4) is 0 Å². The first kappa shape index (κ1) is 14.6. The van der Waals surface area contributed by atoms with Crippen LogP contribution < -0.4 is 5.32 Å². The van der Waals surface area contributed by atoms with E-state index in [1.165, 1.54) is 17.7 Å². The molecule has 0 radical (unpaired) electrons. The lowest BCUT2D eigenvalue weighted by Gasteiger charge is -2.04. The third kappa shape index (κ3) is 4.08. The second-order valence-corrected chi connectivity index (χ2v) is 5.42. The summed E-state index contributed by atoms with van der Waals surface area (Å²) in [7, 11) is 0. The van der Waals surface area contributed by atoms with Crippen molar-refractivity contribution < 1.29 is 4.92 Å². The zero-order valence-corrected chi connectivity index (χ0v) is 12.0. The average Bonchev–Trinajstić information content (AvgIpc) is 2.47. The number of hydrogen-bond donors (Lipinski definition) is 1. The highest BCUT2D eigenvalue weighted by Crippen LogP contribution is 2.29. The molecule has 20 heavy (non-hydrogen) atoms. The molecule has 0 saturated carbocycles. The predicted octanol–water partition coefficient (Wildman–Crippen LogP) is 3.86. The summed E-state index contributed by atoms with van der Waals surface area (Å²) >= 11 is 1.60. The van der Waals surface area contributed by atoms with E-state index in [1.54, 1.807) is 23.9 Å². The maximum Gasteiger partial charge on any atom is 0.269 e. The molecule has 0 aromatic heterocycles. The van der Waals surface area contributed by atoms with E-state index in [9.17, 15) is 10.1 Å². The third-order valence-corrected chi connectivity index (χ3v) is 3.80. The Hall–Kier alpha value is -1.85. The summed E-state index contributed by atoms with van der Waals surface area (Å²) in [6.07, 6.45) is 0. The smallest absolute Gasteiger partial charge is 0.269 e. The van der Waals surface area contributed by atoms with Crippen molar-refractivity contribution in [1.82, 2.24) is 5.32 Å². The minimum atomic E-state index is -0.385. The molecule has 0 heterocycles. The number of nitro benzene ring substituents is 1. The zero-order valence-electron chi connectivity index (χ0n) is 11.2. The number of nitro groups is 1. The van der Waals surface area contributed by atoms with Crippen LogP contribution in [-0.4, -0.2) is 11.5 Å². The summed E-state index contributed by atoms with van der Waals surface area (Å²) in [5.74, 6) is 0. The van der Waals surface area contributed by atoms with E-state index in [0.717, 1.165) is 22.9 Å². The van der Waals surface area contributed by atoms with Gasteiger partial charge in [0.15, 0.2) is 0 Å². The molecular formula is C15H16N2O2S. The number of non-ortho nitro benzene ring substituents is 1. The lowest BCUT2D eigenvalue weighted by atomic mass is 10.2. The van der Waals surface area contributed by atoms with Gasteiger partial charge in [-0.2, -0.15) is 0 Å². The minimum Gasteiger partial charge on any atom is -0.313 e. The van der Waals surface area contributed by atoms with E-state index in [2.05, 4.69) is 36.5 Å². The molecule has 0 aliphatic rings. The molecule has 0 saturated heterocycles. The summed E-state index contributed by atoms with van der Waals surface area (Å²) in [4.78, 5) is 12.3. The third-order valence-electron chi connectivity index (χ3n) is 2.79. The monoisotopic (exact) mass is 288 g/mol. The van der Waals surface area contributed by atoms with E-state index < -0.39 is 0 Å². The number of hydrogen-bond acceptors (Lipinski definition) is 4. The van der Waals surface area contributed by atoms with Crippen molar-refractivity contribution in [3.63, 3.8) is 0 Å². The fourth-order valence-corrected chi connectivity index (χ4v) is 2.53. The highest BCUT2D eigenvalue weighted by Gasteiger charge is 2.04. The number of nitrogens with zero attached hydrogens (tertiary/aromatic N) is 1. The van der Waals surface area contributed by atoms with Crippen molar-refractivity contribution in [3.05, 3.63) is 64.2 Å². The molecule has 0 spiro atoms. The first-order valence-electron chi connectivity index (χ1n) is 6.41. The Kier molecular flexibility index (Phi) is 5.15. The van der Waals surface area contributed by atoms with Gasteiger partial charge in [0.1, 0.15) is 0 Å². The Morgan fingerprint density at radius 3 is 2.10 bits per heavy atom. The van der Waals surface area contributed by atoms with E-state index >= 15 is 0 Å². The Labute approximate surface area is 122 Å². The predicted molar refractivity (Wildman–Crippen MR) is 81.0 cm³/mol. The Morgan fingerprint density at radius 1 is 1.05 bits per heavy atom. The molecule has 0 amide bonds. The van der Waals surface area contributed by atoms with Gasteiger partial charge in [-0.05, 0) is 36.4 Å². The summed E-state index contributed by atoms with van der Waals surface area (Å²) in [5, 5.41) is 13.9. The molecule has 2 rings (SSSR count).